The monoisotopic (exact) mass is 402 g/mol. The Hall–Kier alpha value is -3.74. The molecule has 1 amide bonds. The minimum Gasteiger partial charge on any atom is -0.355 e. The van der Waals surface area contributed by atoms with Crippen molar-refractivity contribution in [3.8, 4) is 22.7 Å². The second kappa shape index (κ2) is 8.32. The van der Waals surface area contributed by atoms with Crippen LogP contribution in [0.15, 0.2) is 69.7 Å². The van der Waals surface area contributed by atoms with E-state index in [0.29, 0.717) is 17.5 Å². The van der Waals surface area contributed by atoms with Gasteiger partial charge in [0.1, 0.15) is 6.04 Å². The van der Waals surface area contributed by atoms with Crippen molar-refractivity contribution < 1.29 is 13.8 Å². The van der Waals surface area contributed by atoms with Gasteiger partial charge in [0.05, 0.1) is 0 Å². The molecule has 1 unspecified atom stereocenters. The van der Waals surface area contributed by atoms with Crippen LogP contribution < -0.4 is 5.32 Å². The molecule has 0 bridgehead atoms. The van der Waals surface area contributed by atoms with Crippen LogP contribution in [-0.2, 0) is 0 Å². The number of nitrogens with zero attached hydrogens (tertiary/aromatic N) is 3. The van der Waals surface area contributed by atoms with E-state index in [1.165, 1.54) is 0 Å². The number of nitrogens with one attached hydrogen (secondary N) is 1. The summed E-state index contributed by atoms with van der Waals surface area (Å²) in [6.45, 7) is 5.95. The Labute approximate surface area is 174 Å². The van der Waals surface area contributed by atoms with Gasteiger partial charge in [-0.2, -0.15) is 4.98 Å². The van der Waals surface area contributed by atoms with Crippen LogP contribution in [0.5, 0.6) is 0 Å². The van der Waals surface area contributed by atoms with Crippen LogP contribution in [0.25, 0.3) is 22.7 Å². The Bertz CT molecular complexity index is 1130. The van der Waals surface area contributed by atoms with Crippen molar-refractivity contribution in [1.29, 1.82) is 0 Å². The molecule has 0 spiro atoms. The van der Waals surface area contributed by atoms with E-state index in [1.807, 2.05) is 75.4 Å². The van der Waals surface area contributed by atoms with E-state index in [1.54, 1.807) is 6.07 Å². The van der Waals surface area contributed by atoms with Gasteiger partial charge in [-0.1, -0.05) is 84.3 Å². The molecule has 2 aromatic heterocycles. The molecule has 0 radical (unpaired) electrons. The lowest BCUT2D eigenvalue weighted by molar-refractivity contribution is 0.0904. The lowest BCUT2D eigenvalue weighted by Gasteiger charge is -2.17. The fourth-order valence-electron chi connectivity index (χ4n) is 3.03. The van der Waals surface area contributed by atoms with Gasteiger partial charge in [-0.3, -0.25) is 4.79 Å². The first kappa shape index (κ1) is 19.6. The molecule has 152 valence electrons. The molecule has 1 atom stereocenters. The topological polar surface area (TPSA) is 94.1 Å². The Morgan fingerprint density at radius 1 is 0.933 bits per heavy atom. The summed E-state index contributed by atoms with van der Waals surface area (Å²) < 4.78 is 10.8. The molecular formula is C23H22N4O3. The quantitative estimate of drug-likeness (QED) is 0.497. The lowest BCUT2D eigenvalue weighted by Crippen LogP contribution is -2.32. The van der Waals surface area contributed by atoms with E-state index in [0.717, 1.165) is 16.7 Å². The molecular weight excluding hydrogens is 380 g/mol. The third-order valence-electron chi connectivity index (χ3n) is 4.77. The number of hydrogen-bond acceptors (Lipinski definition) is 6. The Morgan fingerprint density at radius 2 is 1.67 bits per heavy atom. The minimum absolute atomic E-state index is 0.0292. The first-order valence-electron chi connectivity index (χ1n) is 9.75. The zero-order valence-electron chi connectivity index (χ0n) is 17.0. The van der Waals surface area contributed by atoms with Crippen molar-refractivity contribution in [2.24, 2.45) is 5.92 Å². The number of benzene rings is 2. The summed E-state index contributed by atoms with van der Waals surface area (Å²) in [7, 11) is 0. The van der Waals surface area contributed by atoms with Crippen LogP contribution in [-0.4, -0.2) is 21.2 Å². The number of rotatable bonds is 6. The lowest BCUT2D eigenvalue weighted by atomic mass is 10.0. The van der Waals surface area contributed by atoms with E-state index in [4.69, 9.17) is 9.05 Å². The summed E-state index contributed by atoms with van der Waals surface area (Å²) in [6, 6.07) is 18.5. The van der Waals surface area contributed by atoms with E-state index >= 15 is 0 Å². The number of carbonyl (C=O) groups is 1. The largest absolute Gasteiger partial charge is 0.355 e. The van der Waals surface area contributed by atoms with Crippen molar-refractivity contribution in [3.63, 3.8) is 0 Å². The van der Waals surface area contributed by atoms with Crippen LogP contribution in [0, 0.1) is 12.8 Å². The van der Waals surface area contributed by atoms with Crippen LogP contribution >= 0.6 is 0 Å². The van der Waals surface area contributed by atoms with Gasteiger partial charge in [0.2, 0.25) is 11.7 Å². The highest BCUT2D eigenvalue weighted by Crippen LogP contribution is 2.25. The van der Waals surface area contributed by atoms with Crippen molar-refractivity contribution in [2.75, 3.05) is 0 Å². The van der Waals surface area contributed by atoms with Gasteiger partial charge >= 0.3 is 0 Å². The number of carbonyl (C=O) groups excluding carboxylic acids is 1. The van der Waals surface area contributed by atoms with Gasteiger partial charge in [-0.05, 0) is 12.8 Å². The summed E-state index contributed by atoms with van der Waals surface area (Å²) in [6.07, 6.45) is 0. The second-order valence-corrected chi connectivity index (χ2v) is 7.46. The highest BCUT2D eigenvalue weighted by molar-refractivity contribution is 5.93. The third-order valence-corrected chi connectivity index (χ3v) is 4.77. The summed E-state index contributed by atoms with van der Waals surface area (Å²) in [5.41, 5.74) is 3.04. The SMILES string of the molecule is Cc1ccc(-c2cc(C(=O)NC(c3nc(-c4ccccc4)no3)C(C)C)no2)cc1. The third kappa shape index (κ3) is 4.15. The normalized spacial score (nSPS) is 12.1. The average molecular weight is 402 g/mol. The predicted molar refractivity (Wildman–Crippen MR) is 111 cm³/mol. The van der Waals surface area contributed by atoms with Gasteiger partial charge in [-0.15, -0.1) is 0 Å². The molecule has 0 fully saturated rings. The highest BCUT2D eigenvalue weighted by atomic mass is 16.5. The van der Waals surface area contributed by atoms with Crippen molar-refractivity contribution in [3.05, 3.63) is 77.8 Å². The van der Waals surface area contributed by atoms with E-state index in [9.17, 15) is 4.79 Å². The smallest absolute Gasteiger partial charge is 0.274 e. The second-order valence-electron chi connectivity index (χ2n) is 7.46. The molecule has 4 rings (SSSR count). The molecule has 0 saturated heterocycles. The van der Waals surface area contributed by atoms with Gasteiger partial charge in [0, 0.05) is 17.2 Å². The zero-order valence-corrected chi connectivity index (χ0v) is 17.0. The standard InChI is InChI=1S/C23H22N4O3/c1-14(2)20(23-25-21(27-30-23)17-7-5-4-6-8-17)24-22(28)18-13-19(29-26-18)16-11-9-15(3)10-12-16/h4-14,20H,1-3H3,(H,24,28). The molecule has 7 nitrogen and oxygen atoms in total. The fraction of sp³-hybridized carbons (Fsp3) is 0.217. The average Bonchev–Trinajstić information content (AvgIpc) is 3.43. The summed E-state index contributed by atoms with van der Waals surface area (Å²) in [5.74, 6) is 1.02. The summed E-state index contributed by atoms with van der Waals surface area (Å²) in [5, 5.41) is 10.9. The van der Waals surface area contributed by atoms with E-state index in [-0.39, 0.29) is 17.5 Å². The molecule has 0 aliphatic rings. The molecule has 2 aromatic carbocycles. The summed E-state index contributed by atoms with van der Waals surface area (Å²) in [4.78, 5) is 17.3. The summed E-state index contributed by atoms with van der Waals surface area (Å²) >= 11 is 0. The van der Waals surface area contributed by atoms with Crippen LogP contribution in [0.1, 0.15) is 41.8 Å². The molecule has 0 aliphatic heterocycles. The zero-order chi connectivity index (χ0) is 21.1. The van der Waals surface area contributed by atoms with Crippen LogP contribution in [0.3, 0.4) is 0 Å². The Morgan fingerprint density at radius 3 is 2.37 bits per heavy atom. The molecule has 7 heteroatoms. The maximum Gasteiger partial charge on any atom is 0.274 e. The van der Waals surface area contributed by atoms with Crippen molar-refractivity contribution >= 4 is 5.91 Å². The van der Waals surface area contributed by atoms with Crippen LogP contribution in [0.2, 0.25) is 0 Å². The maximum absolute atomic E-state index is 12.8. The molecule has 1 N–H and O–H groups in total. The maximum atomic E-state index is 12.8. The number of hydrogen-bond donors (Lipinski definition) is 1. The fourth-order valence-corrected chi connectivity index (χ4v) is 3.03. The molecule has 4 aromatic rings. The van der Waals surface area contributed by atoms with E-state index in [2.05, 4.69) is 20.6 Å². The number of aromatic nitrogens is 3. The first-order valence-corrected chi connectivity index (χ1v) is 9.75. The van der Waals surface area contributed by atoms with Crippen molar-refractivity contribution in [1.82, 2.24) is 20.6 Å². The van der Waals surface area contributed by atoms with Crippen LogP contribution in [0.4, 0.5) is 0 Å². The van der Waals surface area contributed by atoms with Gasteiger partial charge in [-0.25, -0.2) is 0 Å². The van der Waals surface area contributed by atoms with Crippen molar-refractivity contribution in [2.45, 2.75) is 26.8 Å². The number of aryl methyl sites for hydroxylation is 1. The highest BCUT2D eigenvalue weighted by Gasteiger charge is 2.26. The van der Waals surface area contributed by atoms with Gasteiger partial charge in [0.25, 0.3) is 5.91 Å². The minimum atomic E-state index is -0.456. The Kier molecular flexibility index (Phi) is 5.43. The number of amides is 1. The molecule has 2 heterocycles. The predicted octanol–water partition coefficient (Wildman–Crippen LogP) is 4.83. The van der Waals surface area contributed by atoms with Gasteiger partial charge in [0.15, 0.2) is 11.5 Å². The molecule has 0 aliphatic carbocycles. The molecule has 0 saturated carbocycles. The first-order chi connectivity index (χ1) is 14.5. The van der Waals surface area contributed by atoms with E-state index < -0.39 is 6.04 Å². The Balaban J connectivity index is 1.52. The molecule has 30 heavy (non-hydrogen) atoms. The van der Waals surface area contributed by atoms with Gasteiger partial charge < -0.3 is 14.4 Å².